The maximum atomic E-state index is 12.1. The molecule has 0 aromatic heterocycles. The third kappa shape index (κ3) is 10.3. The number of nitrogens with one attached hydrogen (secondary N) is 2. The number of halogens is 1. The number of sulfonamides is 1. The van der Waals surface area contributed by atoms with Crippen molar-refractivity contribution in [1.29, 1.82) is 0 Å². The molecule has 1 aliphatic carbocycles. The first-order chi connectivity index (χ1) is 12.5. The SMILES string of the molecule is CN=C(NCCS(=O)(=O)NCc1ccccc1)N(C)CCOCC1CC1.I. The molecule has 0 unspecified atom stereocenters. The Hall–Kier alpha value is -0.910. The molecule has 0 saturated heterocycles. The van der Waals surface area contributed by atoms with Crippen molar-refractivity contribution < 1.29 is 13.2 Å². The topological polar surface area (TPSA) is 83.0 Å². The van der Waals surface area contributed by atoms with Crippen LogP contribution in [0.4, 0.5) is 0 Å². The number of likely N-dealkylation sites (N-methyl/N-ethyl adjacent to an activating group) is 1. The predicted molar refractivity (Wildman–Crippen MR) is 120 cm³/mol. The van der Waals surface area contributed by atoms with E-state index < -0.39 is 10.0 Å². The molecule has 27 heavy (non-hydrogen) atoms. The Bertz CT molecular complexity index is 666. The molecule has 9 heteroatoms. The highest BCUT2D eigenvalue weighted by Crippen LogP contribution is 2.28. The second kappa shape index (κ2) is 12.5. The summed E-state index contributed by atoms with van der Waals surface area (Å²) in [6.45, 7) is 2.79. The maximum absolute atomic E-state index is 12.1. The van der Waals surface area contributed by atoms with Crippen molar-refractivity contribution in [3.63, 3.8) is 0 Å². The van der Waals surface area contributed by atoms with Crippen LogP contribution in [-0.4, -0.2) is 65.4 Å². The number of hydrogen-bond donors (Lipinski definition) is 2. The lowest BCUT2D eigenvalue weighted by molar-refractivity contribution is 0.115. The van der Waals surface area contributed by atoms with E-state index in [0.717, 1.165) is 18.1 Å². The zero-order chi connectivity index (χ0) is 18.8. The quantitative estimate of drug-likeness (QED) is 0.205. The number of guanidine groups is 1. The maximum Gasteiger partial charge on any atom is 0.213 e. The second-order valence-corrected chi connectivity index (χ2v) is 8.47. The van der Waals surface area contributed by atoms with Gasteiger partial charge in [0.2, 0.25) is 10.0 Å². The summed E-state index contributed by atoms with van der Waals surface area (Å²) in [6, 6.07) is 9.46. The highest BCUT2D eigenvalue weighted by atomic mass is 127. The Morgan fingerprint density at radius 2 is 2.00 bits per heavy atom. The van der Waals surface area contributed by atoms with Crippen LogP contribution in [0, 0.1) is 5.92 Å². The van der Waals surface area contributed by atoms with Crippen molar-refractivity contribution in [2.75, 3.05) is 46.2 Å². The van der Waals surface area contributed by atoms with E-state index >= 15 is 0 Å². The molecule has 154 valence electrons. The molecule has 0 amide bonds. The van der Waals surface area contributed by atoms with Crippen LogP contribution in [-0.2, 0) is 21.3 Å². The molecule has 1 saturated carbocycles. The largest absolute Gasteiger partial charge is 0.379 e. The van der Waals surface area contributed by atoms with E-state index in [9.17, 15) is 8.42 Å². The fourth-order valence-corrected chi connectivity index (χ4v) is 3.29. The molecule has 1 aromatic rings. The first kappa shape index (κ1) is 24.1. The van der Waals surface area contributed by atoms with Crippen LogP contribution in [0.1, 0.15) is 18.4 Å². The summed E-state index contributed by atoms with van der Waals surface area (Å²) in [7, 11) is 0.258. The van der Waals surface area contributed by atoms with Crippen LogP contribution in [0.5, 0.6) is 0 Å². The van der Waals surface area contributed by atoms with E-state index in [1.807, 2.05) is 42.3 Å². The van der Waals surface area contributed by atoms with Gasteiger partial charge in [-0.2, -0.15) is 0 Å². The third-order valence-electron chi connectivity index (χ3n) is 4.19. The van der Waals surface area contributed by atoms with Gasteiger partial charge in [0.25, 0.3) is 0 Å². The van der Waals surface area contributed by atoms with E-state index in [1.165, 1.54) is 12.8 Å². The van der Waals surface area contributed by atoms with Gasteiger partial charge >= 0.3 is 0 Å². The minimum atomic E-state index is -3.34. The fourth-order valence-electron chi connectivity index (χ4n) is 2.39. The zero-order valence-corrected chi connectivity index (χ0v) is 19.2. The zero-order valence-electron chi connectivity index (χ0n) is 16.1. The van der Waals surface area contributed by atoms with Crippen molar-refractivity contribution in [1.82, 2.24) is 14.9 Å². The van der Waals surface area contributed by atoms with Crippen LogP contribution >= 0.6 is 24.0 Å². The summed E-state index contributed by atoms with van der Waals surface area (Å²) in [6.07, 6.45) is 2.57. The molecule has 1 fully saturated rings. The molecule has 0 bridgehead atoms. The number of nitrogens with zero attached hydrogens (tertiary/aromatic N) is 2. The molecule has 0 spiro atoms. The molecule has 1 aromatic carbocycles. The Morgan fingerprint density at radius 3 is 2.63 bits per heavy atom. The smallest absolute Gasteiger partial charge is 0.213 e. The number of rotatable bonds is 11. The lowest BCUT2D eigenvalue weighted by atomic mass is 10.2. The molecular weight excluding hydrogens is 479 g/mol. The summed E-state index contributed by atoms with van der Waals surface area (Å²) in [4.78, 5) is 6.13. The number of benzene rings is 1. The van der Waals surface area contributed by atoms with E-state index in [0.29, 0.717) is 32.2 Å². The first-order valence-corrected chi connectivity index (χ1v) is 10.7. The molecule has 2 N–H and O–H groups in total. The Labute approximate surface area is 180 Å². The minimum absolute atomic E-state index is 0. The van der Waals surface area contributed by atoms with E-state index in [-0.39, 0.29) is 29.7 Å². The first-order valence-electron chi connectivity index (χ1n) is 9.01. The van der Waals surface area contributed by atoms with Crippen LogP contribution in [0.3, 0.4) is 0 Å². The molecule has 1 aliphatic rings. The number of ether oxygens (including phenoxy) is 1. The average molecular weight is 510 g/mol. The van der Waals surface area contributed by atoms with E-state index in [2.05, 4.69) is 15.0 Å². The summed E-state index contributed by atoms with van der Waals surface area (Å²) >= 11 is 0. The van der Waals surface area contributed by atoms with E-state index in [4.69, 9.17) is 4.74 Å². The van der Waals surface area contributed by atoms with Gasteiger partial charge in [0, 0.05) is 40.3 Å². The van der Waals surface area contributed by atoms with Crippen LogP contribution in [0.15, 0.2) is 35.3 Å². The van der Waals surface area contributed by atoms with Crippen molar-refractivity contribution in [3.8, 4) is 0 Å². The third-order valence-corrected chi connectivity index (χ3v) is 5.51. The van der Waals surface area contributed by atoms with Crippen LogP contribution in [0.2, 0.25) is 0 Å². The number of hydrogen-bond acceptors (Lipinski definition) is 4. The number of aliphatic imine (C=N–C) groups is 1. The van der Waals surface area contributed by atoms with Crippen LogP contribution in [0.25, 0.3) is 0 Å². The van der Waals surface area contributed by atoms with Crippen LogP contribution < -0.4 is 10.0 Å². The van der Waals surface area contributed by atoms with Gasteiger partial charge in [-0.1, -0.05) is 30.3 Å². The van der Waals surface area contributed by atoms with Gasteiger partial charge in [0.1, 0.15) is 0 Å². The lowest BCUT2D eigenvalue weighted by Gasteiger charge is -2.22. The van der Waals surface area contributed by atoms with Gasteiger partial charge in [-0.15, -0.1) is 24.0 Å². The summed E-state index contributed by atoms with van der Waals surface area (Å²) in [5.74, 6) is 1.41. The molecule has 0 heterocycles. The molecule has 2 rings (SSSR count). The van der Waals surface area contributed by atoms with Crippen molar-refractivity contribution in [2.45, 2.75) is 19.4 Å². The summed E-state index contributed by atoms with van der Waals surface area (Å²) < 4.78 is 32.4. The van der Waals surface area contributed by atoms with Gasteiger partial charge in [-0.25, -0.2) is 13.1 Å². The van der Waals surface area contributed by atoms with E-state index in [1.54, 1.807) is 7.05 Å². The van der Waals surface area contributed by atoms with Gasteiger partial charge in [-0.3, -0.25) is 4.99 Å². The highest BCUT2D eigenvalue weighted by Gasteiger charge is 2.21. The summed E-state index contributed by atoms with van der Waals surface area (Å²) in [5, 5.41) is 3.09. The Balaban J connectivity index is 0.00000364. The summed E-state index contributed by atoms with van der Waals surface area (Å²) in [5.41, 5.74) is 0.936. The minimum Gasteiger partial charge on any atom is -0.379 e. The van der Waals surface area contributed by atoms with Gasteiger partial charge in [0.15, 0.2) is 5.96 Å². The van der Waals surface area contributed by atoms with Crippen molar-refractivity contribution in [3.05, 3.63) is 35.9 Å². The van der Waals surface area contributed by atoms with Crippen molar-refractivity contribution >= 4 is 40.0 Å². The van der Waals surface area contributed by atoms with Gasteiger partial charge < -0.3 is 15.0 Å². The molecular formula is C18H31IN4O3S. The van der Waals surface area contributed by atoms with Crippen molar-refractivity contribution in [2.24, 2.45) is 10.9 Å². The molecule has 0 atom stereocenters. The predicted octanol–water partition coefficient (Wildman–Crippen LogP) is 1.66. The highest BCUT2D eigenvalue weighted by molar-refractivity contribution is 14.0. The molecule has 0 radical (unpaired) electrons. The average Bonchev–Trinajstić information content (AvgIpc) is 3.46. The fraction of sp³-hybridized carbons (Fsp3) is 0.611. The monoisotopic (exact) mass is 510 g/mol. The molecule has 7 nitrogen and oxygen atoms in total. The van der Waals surface area contributed by atoms with Gasteiger partial charge in [0.05, 0.1) is 12.4 Å². The van der Waals surface area contributed by atoms with Gasteiger partial charge in [-0.05, 0) is 24.3 Å². The Morgan fingerprint density at radius 1 is 1.30 bits per heavy atom. The Kier molecular flexibility index (Phi) is 11.2. The molecule has 0 aliphatic heterocycles. The standard InChI is InChI=1S/C18H30N4O3S.HI/c1-19-18(22(2)11-12-25-15-17-8-9-17)20-10-13-26(23,24)21-14-16-6-4-3-5-7-16;/h3-7,17,21H,8-15H2,1-2H3,(H,19,20);1H. The normalized spacial score (nSPS) is 14.5. The second-order valence-electron chi connectivity index (χ2n) is 6.54. The lowest BCUT2D eigenvalue weighted by Crippen LogP contribution is -2.43.